The van der Waals surface area contributed by atoms with Crippen molar-refractivity contribution in [1.29, 1.82) is 0 Å². The Morgan fingerprint density at radius 3 is 1.51 bits per heavy atom. The molecule has 12 heteroatoms. The van der Waals surface area contributed by atoms with E-state index in [2.05, 4.69) is 13.2 Å². The molecule has 0 radical (unpaired) electrons. The fraction of sp³-hybridized carbons (Fsp3) is 0.0909. The summed E-state index contributed by atoms with van der Waals surface area (Å²) >= 11 is 0. The van der Waals surface area contributed by atoms with Crippen molar-refractivity contribution in [3.8, 4) is 23.0 Å². The summed E-state index contributed by atoms with van der Waals surface area (Å²) in [6, 6.07) is 15.9. The average molecular weight is 621 g/mol. The molecular formula is C33H26F2O10. The summed E-state index contributed by atoms with van der Waals surface area (Å²) in [4.78, 5) is 46.6. The van der Waals surface area contributed by atoms with Crippen molar-refractivity contribution in [2.75, 3.05) is 13.6 Å². The van der Waals surface area contributed by atoms with E-state index in [9.17, 15) is 28.0 Å². The highest BCUT2D eigenvalue weighted by Gasteiger charge is 2.18. The Kier molecular flexibility index (Phi) is 12.8. The maximum absolute atomic E-state index is 13.7. The molecule has 232 valence electrons. The number of rotatable bonds is 15. The number of carbonyl (C=O) groups excluding carboxylic acids is 4. The van der Waals surface area contributed by atoms with Crippen LogP contribution in [0.15, 0.2) is 104 Å². The Hall–Kier alpha value is -6.04. The molecule has 3 rings (SSSR count). The lowest BCUT2D eigenvalue weighted by Crippen LogP contribution is -2.08. The van der Waals surface area contributed by atoms with Crippen molar-refractivity contribution < 1.29 is 56.4 Å². The van der Waals surface area contributed by atoms with Crippen molar-refractivity contribution in [3.05, 3.63) is 121 Å². The summed E-state index contributed by atoms with van der Waals surface area (Å²) < 4.78 is 57.5. The Bertz CT molecular complexity index is 1580. The minimum Gasteiger partial charge on any atom is -0.457 e. The van der Waals surface area contributed by atoms with Crippen LogP contribution in [0.1, 0.15) is 23.1 Å². The third kappa shape index (κ3) is 11.6. The lowest BCUT2D eigenvalue weighted by molar-refractivity contribution is -0.145. The normalized spacial score (nSPS) is 10.7. The van der Waals surface area contributed by atoms with Gasteiger partial charge in [0.1, 0.15) is 23.0 Å². The fourth-order valence-corrected chi connectivity index (χ4v) is 3.25. The van der Waals surface area contributed by atoms with Crippen molar-refractivity contribution in [2.45, 2.75) is 6.43 Å². The molecule has 0 aliphatic carbocycles. The zero-order chi connectivity index (χ0) is 32.6. The molecule has 3 aromatic rings. The molecule has 0 bridgehead atoms. The van der Waals surface area contributed by atoms with Crippen LogP contribution < -0.4 is 18.9 Å². The van der Waals surface area contributed by atoms with Crippen LogP contribution >= 0.6 is 0 Å². The maximum Gasteiger partial charge on any atom is 0.336 e. The number of esters is 4. The zero-order valence-electron chi connectivity index (χ0n) is 23.6. The predicted octanol–water partition coefficient (Wildman–Crippen LogP) is 5.99. The van der Waals surface area contributed by atoms with Gasteiger partial charge in [-0.1, -0.05) is 37.4 Å². The van der Waals surface area contributed by atoms with Gasteiger partial charge in [-0.25, -0.2) is 28.0 Å². The van der Waals surface area contributed by atoms with Crippen LogP contribution in [0.25, 0.3) is 12.2 Å². The SMILES string of the molecule is C=CC(=O)OCOc1ccc(/C=C\C(=O)Oc2ccc(OC(=O)/C=C\c3ccc(OCOC(=O)C=C)cc3)c(C(F)F)c2)cc1. The van der Waals surface area contributed by atoms with Crippen LogP contribution in [-0.2, 0) is 28.7 Å². The van der Waals surface area contributed by atoms with Gasteiger partial charge in [-0.05, 0) is 65.7 Å². The highest BCUT2D eigenvalue weighted by Crippen LogP contribution is 2.33. The molecule has 0 aromatic heterocycles. The molecule has 0 fully saturated rings. The van der Waals surface area contributed by atoms with Gasteiger partial charge in [0.25, 0.3) is 6.43 Å². The number of alkyl halides is 2. The van der Waals surface area contributed by atoms with Crippen LogP contribution in [0.5, 0.6) is 23.0 Å². The Morgan fingerprint density at radius 2 is 1.07 bits per heavy atom. The quantitative estimate of drug-likeness (QED) is 0.0866. The van der Waals surface area contributed by atoms with E-state index in [-0.39, 0.29) is 19.3 Å². The van der Waals surface area contributed by atoms with Crippen molar-refractivity contribution >= 4 is 36.0 Å². The summed E-state index contributed by atoms with van der Waals surface area (Å²) in [5, 5.41) is 0. The van der Waals surface area contributed by atoms with Gasteiger partial charge in [-0.3, -0.25) is 0 Å². The summed E-state index contributed by atoms with van der Waals surface area (Å²) in [6.07, 6.45) is 3.94. The number of hydrogen-bond donors (Lipinski definition) is 0. The largest absolute Gasteiger partial charge is 0.457 e. The Morgan fingerprint density at radius 1 is 0.622 bits per heavy atom. The summed E-state index contributed by atoms with van der Waals surface area (Å²) in [6.45, 7) is 5.93. The predicted molar refractivity (Wildman–Crippen MR) is 157 cm³/mol. The summed E-state index contributed by atoms with van der Waals surface area (Å²) in [5.41, 5.74) is 0.517. The van der Waals surface area contributed by atoms with E-state index in [1.54, 1.807) is 48.5 Å². The van der Waals surface area contributed by atoms with Gasteiger partial charge >= 0.3 is 23.9 Å². The number of benzene rings is 3. The first-order valence-electron chi connectivity index (χ1n) is 12.9. The van der Waals surface area contributed by atoms with Crippen LogP contribution in [0.3, 0.4) is 0 Å². The first-order chi connectivity index (χ1) is 21.7. The number of hydrogen-bond acceptors (Lipinski definition) is 10. The summed E-state index contributed by atoms with van der Waals surface area (Å²) in [5.74, 6) is -2.81. The number of ether oxygens (including phenoxy) is 6. The third-order valence-electron chi connectivity index (χ3n) is 5.42. The van der Waals surface area contributed by atoms with Crippen LogP contribution in [0.2, 0.25) is 0 Å². The van der Waals surface area contributed by atoms with Crippen LogP contribution in [-0.4, -0.2) is 37.5 Å². The first-order valence-corrected chi connectivity index (χ1v) is 12.9. The van der Waals surface area contributed by atoms with Gasteiger partial charge in [-0.2, -0.15) is 0 Å². The highest BCUT2D eigenvalue weighted by atomic mass is 19.3. The van der Waals surface area contributed by atoms with Crippen molar-refractivity contribution in [3.63, 3.8) is 0 Å². The second-order valence-corrected chi connectivity index (χ2v) is 8.51. The molecule has 45 heavy (non-hydrogen) atoms. The summed E-state index contributed by atoms with van der Waals surface area (Å²) in [7, 11) is 0. The van der Waals surface area contributed by atoms with Gasteiger partial charge in [0, 0.05) is 24.3 Å². The maximum atomic E-state index is 13.7. The smallest absolute Gasteiger partial charge is 0.336 e. The van der Waals surface area contributed by atoms with E-state index in [4.69, 9.17) is 28.4 Å². The van der Waals surface area contributed by atoms with Gasteiger partial charge < -0.3 is 28.4 Å². The van der Waals surface area contributed by atoms with Crippen LogP contribution in [0, 0.1) is 0 Å². The molecule has 0 atom stereocenters. The molecule has 0 aliphatic rings. The first kappa shape index (κ1) is 33.5. The van der Waals surface area contributed by atoms with E-state index in [0.717, 1.165) is 36.4 Å². The number of carbonyl (C=O) groups is 4. The lowest BCUT2D eigenvalue weighted by atomic mass is 10.2. The minimum atomic E-state index is -3.04. The van der Waals surface area contributed by atoms with Crippen LogP contribution in [0.4, 0.5) is 8.78 Å². The molecule has 0 N–H and O–H groups in total. The van der Waals surface area contributed by atoms with Gasteiger partial charge in [0.2, 0.25) is 13.6 Å². The second-order valence-electron chi connectivity index (χ2n) is 8.51. The fourth-order valence-electron chi connectivity index (χ4n) is 3.25. The highest BCUT2D eigenvalue weighted by molar-refractivity contribution is 5.90. The zero-order valence-corrected chi connectivity index (χ0v) is 23.6. The molecule has 0 unspecified atom stereocenters. The van der Waals surface area contributed by atoms with E-state index in [1.807, 2.05) is 0 Å². The Labute approximate surface area is 256 Å². The average Bonchev–Trinajstić information content (AvgIpc) is 3.04. The van der Waals surface area contributed by atoms with Gasteiger partial charge in [0.05, 0.1) is 5.56 Å². The molecule has 0 saturated carbocycles. The number of halogens is 2. The van der Waals surface area contributed by atoms with E-state index in [1.165, 1.54) is 18.2 Å². The van der Waals surface area contributed by atoms with Crippen molar-refractivity contribution in [1.82, 2.24) is 0 Å². The monoisotopic (exact) mass is 620 g/mol. The topological polar surface area (TPSA) is 124 Å². The van der Waals surface area contributed by atoms with E-state index < -0.39 is 41.6 Å². The molecule has 0 saturated heterocycles. The third-order valence-corrected chi connectivity index (χ3v) is 5.42. The Balaban J connectivity index is 1.53. The van der Waals surface area contributed by atoms with E-state index in [0.29, 0.717) is 22.6 Å². The van der Waals surface area contributed by atoms with Crippen molar-refractivity contribution in [2.24, 2.45) is 0 Å². The standard InChI is InChI=1S/C33H26F2O10/c1-3-29(36)42-20-40-24-11-5-22(6-12-24)9-17-31(38)44-26-15-16-28(27(19-26)33(34)35)45-32(39)18-10-23-7-13-25(14-8-23)41-21-43-30(37)4-2/h3-19,33H,1-2,20-21H2/b17-9-,18-10-. The second kappa shape index (κ2) is 17.2. The molecular weight excluding hydrogens is 594 g/mol. The molecule has 0 heterocycles. The molecule has 0 amide bonds. The lowest BCUT2D eigenvalue weighted by Gasteiger charge is -2.10. The molecule has 0 aliphatic heterocycles. The molecule has 3 aromatic carbocycles. The molecule has 10 nitrogen and oxygen atoms in total. The molecule has 0 spiro atoms. The van der Waals surface area contributed by atoms with E-state index >= 15 is 0 Å². The van der Waals surface area contributed by atoms with Gasteiger partial charge in [0.15, 0.2) is 0 Å². The minimum absolute atomic E-state index is 0.185. The van der Waals surface area contributed by atoms with Gasteiger partial charge in [-0.15, -0.1) is 0 Å².